The Balaban J connectivity index is 1.97. The highest BCUT2D eigenvalue weighted by Crippen LogP contribution is 2.28. The molecule has 1 N–H and O–H groups in total. The van der Waals surface area contributed by atoms with E-state index in [2.05, 4.69) is 20.7 Å². The molecule has 1 unspecified atom stereocenters. The Morgan fingerprint density at radius 2 is 1.67 bits per heavy atom. The molecule has 7 heteroatoms. The second-order valence-electron chi connectivity index (χ2n) is 5.08. The van der Waals surface area contributed by atoms with Crippen molar-refractivity contribution in [1.82, 2.24) is 4.72 Å². The molecule has 1 aromatic heterocycles. The van der Waals surface area contributed by atoms with Crippen molar-refractivity contribution in [3.05, 3.63) is 86.8 Å². The van der Waals surface area contributed by atoms with E-state index < -0.39 is 16.1 Å². The van der Waals surface area contributed by atoms with Gasteiger partial charge in [0.15, 0.2) is 0 Å². The first-order valence-corrected chi connectivity index (χ1v) is 10.2. The molecule has 2 aromatic carbocycles. The maximum absolute atomic E-state index is 13.2. The molecule has 3 nitrogen and oxygen atoms in total. The normalized spacial score (nSPS) is 12.9. The second-order valence-corrected chi connectivity index (χ2v) is 8.68. The summed E-state index contributed by atoms with van der Waals surface area (Å²) in [5.74, 6) is -0.362. The Hall–Kier alpha value is -1.54. The van der Waals surface area contributed by atoms with Gasteiger partial charge in [0.25, 0.3) is 0 Å². The van der Waals surface area contributed by atoms with Gasteiger partial charge in [-0.3, -0.25) is 0 Å². The molecule has 0 spiro atoms. The van der Waals surface area contributed by atoms with Gasteiger partial charge in [-0.05, 0) is 53.4 Å². The number of rotatable bonds is 5. The summed E-state index contributed by atoms with van der Waals surface area (Å²) in [4.78, 5) is 1.01. The largest absolute Gasteiger partial charge is 0.241 e. The zero-order chi connectivity index (χ0) is 17.2. The zero-order valence-corrected chi connectivity index (χ0v) is 15.5. The summed E-state index contributed by atoms with van der Waals surface area (Å²) in [6, 6.07) is 15.4. The van der Waals surface area contributed by atoms with Gasteiger partial charge < -0.3 is 0 Å². The van der Waals surface area contributed by atoms with Gasteiger partial charge in [0.05, 0.1) is 10.9 Å². The zero-order valence-electron chi connectivity index (χ0n) is 12.3. The van der Waals surface area contributed by atoms with Crippen LogP contribution >= 0.6 is 27.3 Å². The minimum Gasteiger partial charge on any atom is -0.207 e. The molecule has 0 amide bonds. The molecule has 0 fully saturated rings. The topological polar surface area (TPSA) is 46.2 Å². The van der Waals surface area contributed by atoms with E-state index in [1.54, 1.807) is 24.3 Å². The third-order valence-electron chi connectivity index (χ3n) is 3.43. The summed E-state index contributed by atoms with van der Waals surface area (Å²) in [7, 11) is -3.72. The van der Waals surface area contributed by atoms with E-state index in [1.807, 2.05) is 17.5 Å². The number of halogens is 2. The highest BCUT2D eigenvalue weighted by molar-refractivity contribution is 9.10. The van der Waals surface area contributed by atoms with E-state index in [0.717, 1.165) is 9.35 Å². The van der Waals surface area contributed by atoms with Crippen LogP contribution in [-0.4, -0.2) is 8.42 Å². The van der Waals surface area contributed by atoms with Crippen molar-refractivity contribution < 1.29 is 12.8 Å². The standard InChI is InChI=1S/C17H13BrFNO2S2/c18-13-5-9-15(10-6-13)24(21,22)20-17(16-2-1-11-23-16)12-3-7-14(19)8-4-12/h1-11,17,20H. The van der Waals surface area contributed by atoms with E-state index in [1.165, 1.54) is 35.6 Å². The monoisotopic (exact) mass is 425 g/mol. The molecule has 0 aliphatic heterocycles. The van der Waals surface area contributed by atoms with E-state index >= 15 is 0 Å². The van der Waals surface area contributed by atoms with Gasteiger partial charge >= 0.3 is 0 Å². The van der Waals surface area contributed by atoms with Crippen LogP contribution in [-0.2, 0) is 10.0 Å². The number of nitrogens with one attached hydrogen (secondary N) is 1. The number of hydrogen-bond donors (Lipinski definition) is 1. The van der Waals surface area contributed by atoms with E-state index in [9.17, 15) is 12.8 Å². The van der Waals surface area contributed by atoms with Crippen molar-refractivity contribution in [3.63, 3.8) is 0 Å². The van der Waals surface area contributed by atoms with E-state index in [4.69, 9.17) is 0 Å². The van der Waals surface area contributed by atoms with Crippen LogP contribution in [0.1, 0.15) is 16.5 Å². The van der Waals surface area contributed by atoms with Gasteiger partial charge in [-0.1, -0.05) is 34.1 Å². The Bertz CT molecular complexity index is 908. The molecule has 0 saturated heterocycles. The van der Waals surface area contributed by atoms with Crippen molar-refractivity contribution in [2.24, 2.45) is 0 Å². The maximum atomic E-state index is 13.2. The van der Waals surface area contributed by atoms with Crippen LogP contribution in [0.2, 0.25) is 0 Å². The molecule has 0 aliphatic rings. The van der Waals surface area contributed by atoms with Crippen LogP contribution in [0.5, 0.6) is 0 Å². The number of benzene rings is 2. The summed E-state index contributed by atoms with van der Waals surface area (Å²) >= 11 is 4.73. The van der Waals surface area contributed by atoms with Crippen molar-refractivity contribution >= 4 is 37.3 Å². The lowest BCUT2D eigenvalue weighted by molar-refractivity contribution is 0.573. The average Bonchev–Trinajstić information content (AvgIpc) is 3.08. The first-order chi connectivity index (χ1) is 11.5. The van der Waals surface area contributed by atoms with E-state index in [0.29, 0.717) is 5.56 Å². The fourth-order valence-electron chi connectivity index (χ4n) is 2.24. The molecule has 0 radical (unpaired) electrons. The van der Waals surface area contributed by atoms with Gasteiger partial charge in [0.2, 0.25) is 10.0 Å². The Labute approximate surface area is 152 Å². The lowest BCUT2D eigenvalue weighted by atomic mass is 10.1. The van der Waals surface area contributed by atoms with Crippen LogP contribution in [0.15, 0.2) is 75.4 Å². The summed E-state index contributed by atoms with van der Waals surface area (Å²) in [5.41, 5.74) is 0.680. The lowest BCUT2D eigenvalue weighted by Crippen LogP contribution is -2.29. The number of hydrogen-bond acceptors (Lipinski definition) is 3. The Morgan fingerprint density at radius 3 is 2.25 bits per heavy atom. The van der Waals surface area contributed by atoms with Crippen LogP contribution in [0.4, 0.5) is 4.39 Å². The fourth-order valence-corrected chi connectivity index (χ4v) is 4.58. The third-order valence-corrected chi connectivity index (χ3v) is 6.33. The molecule has 0 saturated carbocycles. The quantitative estimate of drug-likeness (QED) is 0.642. The van der Waals surface area contributed by atoms with Crippen LogP contribution < -0.4 is 4.72 Å². The smallest absolute Gasteiger partial charge is 0.207 e. The number of sulfonamides is 1. The van der Waals surface area contributed by atoms with Gasteiger partial charge in [-0.25, -0.2) is 12.8 Å². The molecule has 0 bridgehead atoms. The summed E-state index contributed by atoms with van der Waals surface area (Å²) in [5, 5.41) is 1.87. The lowest BCUT2D eigenvalue weighted by Gasteiger charge is -2.18. The highest BCUT2D eigenvalue weighted by atomic mass is 79.9. The Morgan fingerprint density at radius 1 is 1.00 bits per heavy atom. The number of thiophene rings is 1. The molecule has 3 rings (SSSR count). The molecule has 24 heavy (non-hydrogen) atoms. The third kappa shape index (κ3) is 3.92. The Kier molecular flexibility index (Phi) is 5.15. The molecule has 1 atom stereocenters. The van der Waals surface area contributed by atoms with Gasteiger partial charge in [-0.2, -0.15) is 4.72 Å². The predicted octanol–water partition coefficient (Wildman–Crippen LogP) is 4.72. The minimum atomic E-state index is -3.72. The van der Waals surface area contributed by atoms with Crippen LogP contribution in [0, 0.1) is 5.82 Å². The van der Waals surface area contributed by atoms with Gasteiger partial charge in [0, 0.05) is 9.35 Å². The van der Waals surface area contributed by atoms with Gasteiger partial charge in [-0.15, -0.1) is 11.3 Å². The molecule has 3 aromatic rings. The average molecular weight is 426 g/mol. The molecule has 124 valence electrons. The fraction of sp³-hybridized carbons (Fsp3) is 0.0588. The van der Waals surface area contributed by atoms with Crippen molar-refractivity contribution in [1.29, 1.82) is 0 Å². The van der Waals surface area contributed by atoms with Crippen molar-refractivity contribution in [3.8, 4) is 0 Å². The highest BCUT2D eigenvalue weighted by Gasteiger charge is 2.23. The minimum absolute atomic E-state index is 0.175. The second kappa shape index (κ2) is 7.14. The van der Waals surface area contributed by atoms with Gasteiger partial charge in [0.1, 0.15) is 5.82 Å². The van der Waals surface area contributed by atoms with E-state index in [-0.39, 0.29) is 10.7 Å². The predicted molar refractivity (Wildman–Crippen MR) is 97.0 cm³/mol. The summed E-state index contributed by atoms with van der Waals surface area (Å²) in [6.07, 6.45) is 0. The SMILES string of the molecule is O=S(=O)(NC(c1ccc(F)cc1)c1cccs1)c1ccc(Br)cc1. The first-order valence-electron chi connectivity index (χ1n) is 7.02. The molecule has 1 heterocycles. The summed E-state index contributed by atoms with van der Waals surface area (Å²) in [6.45, 7) is 0. The molecular weight excluding hydrogens is 413 g/mol. The van der Waals surface area contributed by atoms with Crippen LogP contribution in [0.3, 0.4) is 0 Å². The first kappa shape index (κ1) is 17.3. The maximum Gasteiger partial charge on any atom is 0.241 e. The van der Waals surface area contributed by atoms with Crippen molar-refractivity contribution in [2.75, 3.05) is 0 Å². The summed E-state index contributed by atoms with van der Waals surface area (Å²) < 4.78 is 42.1. The molecule has 0 aliphatic carbocycles. The van der Waals surface area contributed by atoms with Crippen molar-refractivity contribution in [2.45, 2.75) is 10.9 Å². The molecular formula is C17H13BrFNO2S2. The van der Waals surface area contributed by atoms with Crippen LogP contribution in [0.25, 0.3) is 0 Å².